The molecule has 0 spiro atoms. The molecule has 1 saturated carbocycles. The van der Waals surface area contributed by atoms with Crippen LogP contribution in [0.25, 0.3) is 0 Å². The van der Waals surface area contributed by atoms with Gasteiger partial charge in [-0.1, -0.05) is 27.2 Å². The molecule has 154 valence electrons. The molecule has 0 aromatic heterocycles. The monoisotopic (exact) mass is 390 g/mol. The van der Waals surface area contributed by atoms with Gasteiger partial charge >= 0.3 is 5.97 Å². The highest BCUT2D eigenvalue weighted by molar-refractivity contribution is 6.26. The minimum atomic E-state index is -0.877. The number of allylic oxidation sites excluding steroid dienone is 2. The molecule has 0 heterocycles. The molecule has 4 atom stereocenters. The summed E-state index contributed by atoms with van der Waals surface area (Å²) in [6.45, 7) is 7.19. The molecule has 1 fully saturated rings. The molecule has 3 aliphatic rings. The number of ketones is 2. The average molecular weight is 390 g/mol. The molecular formula is C22H30O6. The molecular weight excluding hydrogens is 360 g/mol. The average Bonchev–Trinajstić information content (AvgIpc) is 2.93. The quantitative estimate of drug-likeness (QED) is 0.586. The minimum absolute atomic E-state index is 0.0997. The van der Waals surface area contributed by atoms with Gasteiger partial charge < -0.3 is 14.6 Å². The van der Waals surface area contributed by atoms with E-state index >= 15 is 0 Å². The normalized spacial score (nSPS) is 35.3. The van der Waals surface area contributed by atoms with Crippen LogP contribution >= 0.6 is 0 Å². The maximum Gasteiger partial charge on any atom is 0.311 e. The van der Waals surface area contributed by atoms with E-state index in [4.69, 9.17) is 9.47 Å². The van der Waals surface area contributed by atoms with Gasteiger partial charge in [-0.15, -0.1) is 0 Å². The number of hydrogen-bond donors (Lipinski definition) is 1. The van der Waals surface area contributed by atoms with Crippen LogP contribution in [0.15, 0.2) is 22.5 Å². The lowest BCUT2D eigenvalue weighted by molar-refractivity contribution is -0.164. The molecule has 0 aliphatic heterocycles. The first kappa shape index (κ1) is 20.8. The summed E-state index contributed by atoms with van der Waals surface area (Å²) in [4.78, 5) is 39.7. The molecule has 0 aromatic carbocycles. The number of rotatable bonds is 4. The second-order valence-corrected chi connectivity index (χ2v) is 9.00. The van der Waals surface area contributed by atoms with Gasteiger partial charge in [-0.25, -0.2) is 0 Å². The number of fused-ring (bicyclic) bond motifs is 2. The summed E-state index contributed by atoms with van der Waals surface area (Å²) in [6.07, 6.45) is 2.01. The summed E-state index contributed by atoms with van der Waals surface area (Å²) >= 11 is 0. The van der Waals surface area contributed by atoms with Crippen molar-refractivity contribution >= 4 is 17.5 Å². The summed E-state index contributed by atoms with van der Waals surface area (Å²) in [7, 11) is 2.76. The van der Waals surface area contributed by atoms with Crippen molar-refractivity contribution in [2.24, 2.45) is 28.6 Å². The van der Waals surface area contributed by atoms with E-state index in [0.29, 0.717) is 29.6 Å². The van der Waals surface area contributed by atoms with E-state index in [2.05, 4.69) is 0 Å². The molecule has 3 aliphatic carbocycles. The Morgan fingerprint density at radius 2 is 1.82 bits per heavy atom. The number of Topliss-reactive ketones (excluding diaryl/α,β-unsaturated/α-hetero) is 2. The fourth-order valence-electron chi connectivity index (χ4n) is 6.20. The third kappa shape index (κ3) is 2.46. The number of methoxy groups -OCH3 is 2. The van der Waals surface area contributed by atoms with Crippen LogP contribution in [0, 0.1) is 28.6 Å². The molecule has 0 aromatic rings. The van der Waals surface area contributed by atoms with E-state index in [9.17, 15) is 19.5 Å². The lowest BCUT2D eigenvalue weighted by atomic mass is 9.53. The second kappa shape index (κ2) is 6.83. The van der Waals surface area contributed by atoms with Crippen molar-refractivity contribution in [2.75, 3.05) is 20.8 Å². The number of hydrogen-bond acceptors (Lipinski definition) is 6. The first-order chi connectivity index (χ1) is 13.1. The molecule has 0 saturated heterocycles. The SMILES string of the molecule is COC(=O)[C@]1(C)CCC[C@]2(C)C3=C(C(=O)C(C(C)C)=C(OC)C3=O)[C@H](CO)[C@@H]12. The molecule has 6 nitrogen and oxygen atoms in total. The van der Waals surface area contributed by atoms with Crippen molar-refractivity contribution in [3.8, 4) is 0 Å². The summed E-state index contributed by atoms with van der Waals surface area (Å²) in [5.41, 5.74) is -0.410. The summed E-state index contributed by atoms with van der Waals surface area (Å²) in [5.74, 6) is -1.92. The zero-order valence-electron chi connectivity index (χ0n) is 17.5. The van der Waals surface area contributed by atoms with E-state index in [0.717, 1.165) is 6.42 Å². The highest BCUT2D eigenvalue weighted by Crippen LogP contribution is 2.65. The van der Waals surface area contributed by atoms with Gasteiger partial charge in [-0.2, -0.15) is 0 Å². The van der Waals surface area contributed by atoms with Crippen LogP contribution in [-0.2, 0) is 23.9 Å². The third-order valence-electron chi connectivity index (χ3n) is 7.18. The molecule has 0 amide bonds. The van der Waals surface area contributed by atoms with Crippen LogP contribution in [0.2, 0.25) is 0 Å². The van der Waals surface area contributed by atoms with Gasteiger partial charge in [0.2, 0.25) is 5.78 Å². The van der Waals surface area contributed by atoms with Crippen LogP contribution in [0.1, 0.15) is 47.0 Å². The topological polar surface area (TPSA) is 89.9 Å². The number of esters is 1. The summed E-state index contributed by atoms with van der Waals surface area (Å²) in [5, 5.41) is 10.3. The van der Waals surface area contributed by atoms with Crippen LogP contribution in [0.5, 0.6) is 0 Å². The Hall–Kier alpha value is -1.95. The highest BCUT2D eigenvalue weighted by atomic mass is 16.5. The summed E-state index contributed by atoms with van der Waals surface area (Å²) in [6, 6.07) is 0. The van der Waals surface area contributed by atoms with Gasteiger partial charge in [0.25, 0.3) is 0 Å². The highest BCUT2D eigenvalue weighted by Gasteiger charge is 2.65. The number of aliphatic hydroxyl groups excluding tert-OH is 1. The van der Waals surface area contributed by atoms with E-state index in [1.165, 1.54) is 14.2 Å². The Morgan fingerprint density at radius 1 is 1.18 bits per heavy atom. The van der Waals surface area contributed by atoms with Crippen molar-refractivity contribution in [1.29, 1.82) is 0 Å². The fourth-order valence-corrected chi connectivity index (χ4v) is 6.20. The summed E-state index contributed by atoms with van der Waals surface area (Å²) < 4.78 is 10.5. The first-order valence-corrected chi connectivity index (χ1v) is 9.91. The van der Waals surface area contributed by atoms with Gasteiger partial charge in [-0.05, 0) is 31.6 Å². The largest absolute Gasteiger partial charge is 0.492 e. The predicted octanol–water partition coefficient (Wildman–Crippen LogP) is 2.60. The van der Waals surface area contributed by atoms with E-state index in [-0.39, 0.29) is 41.7 Å². The Morgan fingerprint density at radius 3 is 2.32 bits per heavy atom. The zero-order chi connectivity index (χ0) is 21.0. The molecule has 0 unspecified atom stereocenters. The van der Waals surface area contributed by atoms with E-state index in [1.54, 1.807) is 0 Å². The number of carbonyl (C=O) groups is 3. The fraction of sp³-hybridized carbons (Fsp3) is 0.682. The van der Waals surface area contributed by atoms with Gasteiger partial charge in [-0.3, -0.25) is 14.4 Å². The van der Waals surface area contributed by atoms with Gasteiger partial charge in [0.1, 0.15) is 0 Å². The zero-order valence-corrected chi connectivity index (χ0v) is 17.5. The van der Waals surface area contributed by atoms with Gasteiger partial charge in [0.15, 0.2) is 11.5 Å². The standard InChI is InChI=1S/C22H30O6/c1-11(2)13-16(24)14-12(10-23)19-21(3,15(14)17(25)18(13)27-5)8-7-9-22(19,4)20(26)28-6/h11-12,19,23H,7-10H2,1-6H3/t12-,19+,21+,22+/m0/s1. The van der Waals surface area contributed by atoms with Gasteiger partial charge in [0.05, 0.1) is 26.2 Å². The third-order valence-corrected chi connectivity index (χ3v) is 7.18. The first-order valence-electron chi connectivity index (χ1n) is 9.91. The van der Waals surface area contributed by atoms with Crippen molar-refractivity contribution in [3.63, 3.8) is 0 Å². The molecule has 28 heavy (non-hydrogen) atoms. The van der Waals surface area contributed by atoms with Crippen molar-refractivity contribution in [1.82, 2.24) is 0 Å². The van der Waals surface area contributed by atoms with Crippen molar-refractivity contribution < 1.29 is 29.0 Å². The predicted molar refractivity (Wildman–Crippen MR) is 102 cm³/mol. The maximum atomic E-state index is 13.5. The van der Waals surface area contributed by atoms with E-state index < -0.39 is 16.7 Å². The van der Waals surface area contributed by atoms with Crippen LogP contribution in [-0.4, -0.2) is 43.5 Å². The van der Waals surface area contributed by atoms with Crippen LogP contribution < -0.4 is 0 Å². The smallest absolute Gasteiger partial charge is 0.311 e. The molecule has 6 heteroatoms. The lowest BCUT2D eigenvalue weighted by Crippen LogP contribution is -2.50. The van der Waals surface area contributed by atoms with Crippen LogP contribution in [0.4, 0.5) is 0 Å². The van der Waals surface area contributed by atoms with Gasteiger partial charge in [0, 0.05) is 28.1 Å². The van der Waals surface area contributed by atoms with Crippen LogP contribution in [0.3, 0.4) is 0 Å². The van der Waals surface area contributed by atoms with E-state index in [1.807, 2.05) is 27.7 Å². The Balaban J connectivity index is 2.25. The van der Waals surface area contributed by atoms with Crippen molar-refractivity contribution in [2.45, 2.75) is 47.0 Å². The number of carbonyl (C=O) groups excluding carboxylic acids is 3. The number of ether oxygens (including phenoxy) is 2. The second-order valence-electron chi connectivity index (χ2n) is 9.00. The lowest BCUT2D eigenvalue weighted by Gasteiger charge is -2.49. The minimum Gasteiger partial charge on any atom is -0.492 e. The molecule has 1 N–H and O–H groups in total. The molecule has 0 radical (unpaired) electrons. The molecule has 3 rings (SSSR count). The Labute approximate surface area is 166 Å². The Bertz CT molecular complexity index is 802. The molecule has 0 bridgehead atoms. The maximum absolute atomic E-state index is 13.5. The number of aliphatic hydroxyl groups is 1. The Kier molecular flexibility index (Phi) is 5.07. The van der Waals surface area contributed by atoms with Crippen molar-refractivity contribution in [3.05, 3.63) is 22.5 Å².